The Balaban J connectivity index is 1.56. The first-order chi connectivity index (χ1) is 10.6. The van der Waals surface area contributed by atoms with Crippen molar-refractivity contribution in [3.05, 3.63) is 30.1 Å². The summed E-state index contributed by atoms with van der Waals surface area (Å²) in [5, 5.41) is 9.00. The summed E-state index contributed by atoms with van der Waals surface area (Å²) >= 11 is 0. The van der Waals surface area contributed by atoms with Gasteiger partial charge in [0.25, 0.3) is 0 Å². The predicted octanol–water partition coefficient (Wildman–Crippen LogP) is 1.55. The molecule has 6 heteroatoms. The highest BCUT2D eigenvalue weighted by molar-refractivity contribution is 5.95. The Morgan fingerprint density at radius 1 is 1.18 bits per heavy atom. The van der Waals surface area contributed by atoms with Crippen LogP contribution in [0.2, 0.25) is 0 Å². The molecule has 1 saturated heterocycles. The second-order valence-corrected chi connectivity index (χ2v) is 5.98. The van der Waals surface area contributed by atoms with Crippen molar-refractivity contribution in [2.45, 2.75) is 50.2 Å². The van der Waals surface area contributed by atoms with Crippen molar-refractivity contribution in [3.63, 3.8) is 0 Å². The van der Waals surface area contributed by atoms with Gasteiger partial charge in [0.1, 0.15) is 5.82 Å². The highest BCUT2D eigenvalue weighted by atomic mass is 19.1. The lowest BCUT2D eigenvalue weighted by atomic mass is 9.87. The maximum absolute atomic E-state index is 12.8. The van der Waals surface area contributed by atoms with E-state index in [4.69, 9.17) is 0 Å². The molecular formula is C16H20FN3O2. The van der Waals surface area contributed by atoms with E-state index in [0.29, 0.717) is 5.69 Å². The zero-order valence-corrected chi connectivity index (χ0v) is 12.3. The fourth-order valence-corrected chi connectivity index (χ4v) is 3.20. The van der Waals surface area contributed by atoms with Gasteiger partial charge < -0.3 is 16.0 Å². The molecule has 2 fully saturated rings. The number of halogens is 1. The molecule has 5 nitrogen and oxygen atoms in total. The van der Waals surface area contributed by atoms with Gasteiger partial charge in [0, 0.05) is 17.8 Å². The van der Waals surface area contributed by atoms with E-state index in [1.807, 2.05) is 0 Å². The molecule has 118 valence electrons. The van der Waals surface area contributed by atoms with Crippen molar-refractivity contribution in [2.24, 2.45) is 0 Å². The number of amides is 2. The van der Waals surface area contributed by atoms with Crippen LogP contribution in [0.3, 0.4) is 0 Å². The van der Waals surface area contributed by atoms with E-state index >= 15 is 0 Å². The molecule has 3 rings (SSSR count). The monoisotopic (exact) mass is 305 g/mol. The van der Waals surface area contributed by atoms with Crippen LogP contribution in [0, 0.1) is 5.82 Å². The van der Waals surface area contributed by atoms with E-state index in [9.17, 15) is 14.0 Å². The molecule has 0 radical (unpaired) electrons. The summed E-state index contributed by atoms with van der Waals surface area (Å²) in [6.07, 6.45) is 4.39. The van der Waals surface area contributed by atoms with Crippen LogP contribution < -0.4 is 16.0 Å². The molecule has 1 aromatic rings. The van der Waals surface area contributed by atoms with Crippen LogP contribution in [0.4, 0.5) is 10.1 Å². The van der Waals surface area contributed by atoms with Gasteiger partial charge in [0.2, 0.25) is 11.8 Å². The average Bonchev–Trinajstić information content (AvgIpc) is 2.50. The molecule has 1 aliphatic carbocycles. The first-order valence-electron chi connectivity index (χ1n) is 7.73. The third-order valence-corrected chi connectivity index (χ3v) is 4.34. The summed E-state index contributed by atoms with van der Waals surface area (Å²) in [5.41, 5.74) is 0.526. The average molecular weight is 305 g/mol. The van der Waals surface area contributed by atoms with E-state index < -0.39 is 6.04 Å². The smallest absolute Gasteiger partial charge is 0.237 e. The van der Waals surface area contributed by atoms with Crippen LogP contribution in [0.1, 0.15) is 32.1 Å². The van der Waals surface area contributed by atoms with Crippen molar-refractivity contribution in [3.8, 4) is 0 Å². The van der Waals surface area contributed by atoms with Crippen molar-refractivity contribution >= 4 is 17.5 Å². The summed E-state index contributed by atoms with van der Waals surface area (Å²) in [6.45, 7) is 0. The Morgan fingerprint density at radius 2 is 1.86 bits per heavy atom. The number of hydrogen-bond acceptors (Lipinski definition) is 3. The lowest BCUT2D eigenvalue weighted by molar-refractivity contribution is -0.129. The second-order valence-electron chi connectivity index (χ2n) is 5.98. The molecular weight excluding hydrogens is 285 g/mol. The van der Waals surface area contributed by atoms with Gasteiger partial charge in [0.05, 0.1) is 12.5 Å². The second kappa shape index (κ2) is 6.44. The summed E-state index contributed by atoms with van der Waals surface area (Å²) < 4.78 is 12.8. The molecule has 1 aliphatic heterocycles. The first kappa shape index (κ1) is 15.0. The fraction of sp³-hybridized carbons (Fsp3) is 0.500. The van der Waals surface area contributed by atoms with E-state index in [0.717, 1.165) is 25.7 Å². The number of carbonyl (C=O) groups is 2. The van der Waals surface area contributed by atoms with Gasteiger partial charge in [-0.15, -0.1) is 0 Å². The van der Waals surface area contributed by atoms with E-state index in [1.54, 1.807) is 0 Å². The summed E-state index contributed by atoms with van der Waals surface area (Å²) in [7, 11) is 0. The Hall–Kier alpha value is -1.95. The number of nitrogens with one attached hydrogen (secondary N) is 3. The molecule has 1 heterocycles. The van der Waals surface area contributed by atoms with Crippen molar-refractivity contribution in [1.82, 2.24) is 10.6 Å². The number of piperazine rings is 1. The molecule has 22 heavy (non-hydrogen) atoms. The van der Waals surface area contributed by atoms with Gasteiger partial charge in [-0.3, -0.25) is 9.59 Å². The highest BCUT2D eigenvalue weighted by Crippen LogP contribution is 2.22. The normalized spacial score (nSPS) is 27.7. The number of carbonyl (C=O) groups excluding carboxylic acids is 2. The Labute approximate surface area is 128 Å². The minimum absolute atomic E-state index is 0.0758. The number of fused-ring (bicyclic) bond motifs is 1. The van der Waals surface area contributed by atoms with Crippen molar-refractivity contribution in [1.29, 1.82) is 0 Å². The minimum atomic E-state index is -0.500. The fourth-order valence-electron chi connectivity index (χ4n) is 3.20. The van der Waals surface area contributed by atoms with Gasteiger partial charge in [-0.05, 0) is 37.1 Å². The molecule has 1 saturated carbocycles. The molecule has 0 unspecified atom stereocenters. The van der Waals surface area contributed by atoms with Crippen molar-refractivity contribution < 1.29 is 14.0 Å². The number of rotatable bonds is 3. The van der Waals surface area contributed by atoms with Crippen LogP contribution in [0.15, 0.2) is 24.3 Å². The largest absolute Gasteiger partial charge is 0.350 e. The number of hydrogen-bond donors (Lipinski definition) is 3. The van der Waals surface area contributed by atoms with Crippen LogP contribution in [-0.4, -0.2) is 29.9 Å². The molecule has 0 bridgehead atoms. The van der Waals surface area contributed by atoms with Gasteiger partial charge in [-0.2, -0.15) is 0 Å². The van der Waals surface area contributed by atoms with Crippen LogP contribution in [-0.2, 0) is 9.59 Å². The van der Waals surface area contributed by atoms with Crippen LogP contribution in [0.5, 0.6) is 0 Å². The maximum atomic E-state index is 12.8. The molecule has 1 aromatic carbocycles. The lowest BCUT2D eigenvalue weighted by Gasteiger charge is -2.40. The number of benzene rings is 1. The van der Waals surface area contributed by atoms with E-state index in [2.05, 4.69) is 16.0 Å². The molecule has 0 spiro atoms. The molecule has 3 atom stereocenters. The third-order valence-electron chi connectivity index (χ3n) is 4.34. The van der Waals surface area contributed by atoms with Gasteiger partial charge in [-0.1, -0.05) is 12.8 Å². The van der Waals surface area contributed by atoms with Gasteiger partial charge in [0.15, 0.2) is 0 Å². The maximum Gasteiger partial charge on any atom is 0.237 e. The topological polar surface area (TPSA) is 70.2 Å². The zero-order chi connectivity index (χ0) is 15.5. The van der Waals surface area contributed by atoms with Crippen molar-refractivity contribution in [2.75, 3.05) is 5.32 Å². The predicted molar refractivity (Wildman–Crippen MR) is 80.8 cm³/mol. The lowest BCUT2D eigenvalue weighted by Crippen LogP contribution is -2.65. The SMILES string of the molecule is O=C(C[C@@H]1N[C@H]2CCCC[C@@H]2NC1=O)Nc1ccc(F)cc1. The van der Waals surface area contributed by atoms with E-state index in [1.165, 1.54) is 24.3 Å². The Morgan fingerprint density at radius 3 is 2.59 bits per heavy atom. The minimum Gasteiger partial charge on any atom is -0.350 e. The summed E-state index contributed by atoms with van der Waals surface area (Å²) in [5.74, 6) is -0.722. The molecule has 0 aromatic heterocycles. The Bertz CT molecular complexity index is 561. The summed E-state index contributed by atoms with van der Waals surface area (Å²) in [6, 6.07) is 5.52. The van der Waals surface area contributed by atoms with Gasteiger partial charge in [-0.25, -0.2) is 4.39 Å². The van der Waals surface area contributed by atoms with Crippen LogP contribution in [0.25, 0.3) is 0 Å². The zero-order valence-electron chi connectivity index (χ0n) is 12.3. The first-order valence-corrected chi connectivity index (χ1v) is 7.73. The number of anilines is 1. The summed E-state index contributed by atoms with van der Waals surface area (Å²) in [4.78, 5) is 24.1. The van der Waals surface area contributed by atoms with E-state index in [-0.39, 0.29) is 36.1 Å². The molecule has 2 amide bonds. The molecule has 3 N–H and O–H groups in total. The highest BCUT2D eigenvalue weighted by Gasteiger charge is 2.36. The standard InChI is InChI=1S/C16H20FN3O2/c17-10-5-7-11(8-6-10)18-15(21)9-14-16(22)20-13-4-2-1-3-12(13)19-14/h5-8,12-14,19H,1-4,9H2,(H,18,21)(H,20,22)/t12-,13-,14-/m0/s1. The Kier molecular flexibility index (Phi) is 4.38. The quantitative estimate of drug-likeness (QED) is 0.793. The molecule has 2 aliphatic rings. The third kappa shape index (κ3) is 3.44. The van der Waals surface area contributed by atoms with Crippen LogP contribution >= 0.6 is 0 Å². The van der Waals surface area contributed by atoms with Gasteiger partial charge >= 0.3 is 0 Å².